The summed E-state index contributed by atoms with van der Waals surface area (Å²) in [5, 5.41) is 7.66. The van der Waals surface area contributed by atoms with E-state index in [1.165, 1.54) is 0 Å². The smallest absolute Gasteiger partial charge is 0.250 e. The molecule has 0 unspecified atom stereocenters. The molecule has 0 spiro atoms. The van der Waals surface area contributed by atoms with Crippen molar-refractivity contribution in [2.75, 3.05) is 11.9 Å². The van der Waals surface area contributed by atoms with Gasteiger partial charge >= 0.3 is 0 Å². The van der Waals surface area contributed by atoms with Crippen molar-refractivity contribution in [3.63, 3.8) is 0 Å². The number of carbonyl (C=O) groups is 1. The molecule has 1 saturated carbocycles. The van der Waals surface area contributed by atoms with Crippen LogP contribution in [-0.4, -0.2) is 34.9 Å². The highest BCUT2D eigenvalue weighted by Crippen LogP contribution is 2.28. The van der Waals surface area contributed by atoms with E-state index in [-0.39, 0.29) is 24.4 Å². The normalized spacial score (nSPS) is 19.3. The number of rotatable bonds is 6. The number of halogens is 2. The van der Waals surface area contributed by atoms with Crippen molar-refractivity contribution < 1.29 is 18.0 Å². The number of hydrogen-bond acceptors (Lipinski definition) is 5. The SMILES string of the molecule is Cc1ncc(-c2ccc3cnc(NC(=O)C4CCC(NCC(F)F)CC4)cc3c2)o1. The van der Waals surface area contributed by atoms with Gasteiger partial charge in [-0.05, 0) is 43.2 Å². The first-order chi connectivity index (χ1) is 14.5. The van der Waals surface area contributed by atoms with Crippen molar-refractivity contribution in [3.8, 4) is 11.3 Å². The van der Waals surface area contributed by atoms with Crippen LogP contribution in [0.3, 0.4) is 0 Å². The highest BCUT2D eigenvalue weighted by Gasteiger charge is 2.26. The molecule has 1 aliphatic rings. The summed E-state index contributed by atoms with van der Waals surface area (Å²) in [7, 11) is 0. The number of carbonyl (C=O) groups excluding carboxylic acids is 1. The van der Waals surface area contributed by atoms with Gasteiger partial charge in [-0.2, -0.15) is 0 Å². The van der Waals surface area contributed by atoms with Gasteiger partial charge in [-0.25, -0.2) is 18.7 Å². The number of pyridine rings is 1. The minimum absolute atomic E-state index is 0.0555. The number of hydrogen-bond donors (Lipinski definition) is 2. The molecule has 1 amide bonds. The van der Waals surface area contributed by atoms with E-state index in [0.29, 0.717) is 30.3 Å². The first-order valence-electron chi connectivity index (χ1n) is 10.1. The maximum absolute atomic E-state index is 12.7. The number of anilines is 1. The average molecular weight is 414 g/mol. The van der Waals surface area contributed by atoms with E-state index in [9.17, 15) is 13.6 Å². The van der Waals surface area contributed by atoms with E-state index >= 15 is 0 Å². The fourth-order valence-corrected chi connectivity index (χ4v) is 3.90. The maximum Gasteiger partial charge on any atom is 0.250 e. The Labute approximate surface area is 173 Å². The second kappa shape index (κ2) is 8.87. The zero-order valence-corrected chi connectivity index (χ0v) is 16.7. The molecule has 0 saturated heterocycles. The molecule has 4 rings (SSSR count). The van der Waals surface area contributed by atoms with Crippen LogP contribution in [0.4, 0.5) is 14.6 Å². The Morgan fingerprint density at radius 2 is 1.93 bits per heavy atom. The van der Waals surface area contributed by atoms with E-state index in [2.05, 4.69) is 20.6 Å². The molecule has 3 aromatic rings. The Balaban J connectivity index is 1.40. The average Bonchev–Trinajstić information content (AvgIpc) is 3.18. The number of nitrogens with one attached hydrogen (secondary N) is 2. The molecule has 1 aliphatic carbocycles. The third-order valence-electron chi connectivity index (χ3n) is 5.54. The summed E-state index contributed by atoms with van der Waals surface area (Å²) in [6, 6.07) is 7.78. The van der Waals surface area contributed by atoms with Crippen LogP contribution < -0.4 is 10.6 Å². The van der Waals surface area contributed by atoms with Crippen LogP contribution in [0, 0.1) is 12.8 Å². The molecule has 2 N–H and O–H groups in total. The molecular formula is C22H24F2N4O2. The summed E-state index contributed by atoms with van der Waals surface area (Å²) in [4.78, 5) is 21.1. The number of aromatic nitrogens is 2. The lowest BCUT2D eigenvalue weighted by molar-refractivity contribution is -0.120. The van der Waals surface area contributed by atoms with Gasteiger partial charge in [-0.1, -0.05) is 12.1 Å². The number of alkyl halides is 2. The van der Waals surface area contributed by atoms with Crippen molar-refractivity contribution in [1.82, 2.24) is 15.3 Å². The summed E-state index contributed by atoms with van der Waals surface area (Å²) in [5.41, 5.74) is 0.904. The van der Waals surface area contributed by atoms with Crippen molar-refractivity contribution in [1.29, 1.82) is 0 Å². The van der Waals surface area contributed by atoms with Crippen LogP contribution in [0.5, 0.6) is 0 Å². The Kier molecular flexibility index (Phi) is 6.03. The minimum atomic E-state index is -2.35. The molecule has 2 aromatic heterocycles. The summed E-state index contributed by atoms with van der Waals surface area (Å²) in [6.07, 6.45) is 3.85. The Morgan fingerprint density at radius 1 is 1.13 bits per heavy atom. The van der Waals surface area contributed by atoms with Gasteiger partial charge in [0.2, 0.25) is 5.91 Å². The number of nitrogens with zero attached hydrogens (tertiary/aromatic N) is 2. The third-order valence-corrected chi connectivity index (χ3v) is 5.54. The lowest BCUT2D eigenvalue weighted by Crippen LogP contribution is -2.38. The molecule has 6 nitrogen and oxygen atoms in total. The standard InChI is InChI=1S/C22H24F2N4O2/c1-13-25-11-19(30-13)15-2-3-16-10-27-21(9-17(16)8-15)28-22(29)14-4-6-18(7-5-14)26-12-20(23)24/h2-3,8-11,14,18,20,26H,4-7,12H2,1H3,(H,27,28,29). The topological polar surface area (TPSA) is 80.0 Å². The Hall–Kier alpha value is -2.87. The van der Waals surface area contributed by atoms with Gasteiger partial charge in [0.1, 0.15) is 5.82 Å². The number of benzene rings is 1. The molecule has 8 heteroatoms. The van der Waals surface area contributed by atoms with Crippen LogP contribution in [0.2, 0.25) is 0 Å². The first kappa shape index (κ1) is 20.4. The summed E-state index contributed by atoms with van der Waals surface area (Å²) in [6.45, 7) is 1.50. The zero-order valence-electron chi connectivity index (χ0n) is 16.7. The summed E-state index contributed by atoms with van der Waals surface area (Å²) in [5.74, 6) is 1.59. The molecule has 30 heavy (non-hydrogen) atoms. The van der Waals surface area contributed by atoms with E-state index in [0.717, 1.165) is 29.2 Å². The number of amides is 1. The monoisotopic (exact) mass is 414 g/mol. The van der Waals surface area contributed by atoms with Crippen LogP contribution in [-0.2, 0) is 4.79 Å². The van der Waals surface area contributed by atoms with E-state index in [1.807, 2.05) is 24.3 Å². The van der Waals surface area contributed by atoms with Crippen LogP contribution in [0.25, 0.3) is 22.1 Å². The van der Waals surface area contributed by atoms with Crippen molar-refractivity contribution in [2.45, 2.75) is 45.1 Å². The molecule has 2 heterocycles. The van der Waals surface area contributed by atoms with Gasteiger partial charge in [-0.15, -0.1) is 0 Å². The lowest BCUT2D eigenvalue weighted by Gasteiger charge is -2.28. The zero-order chi connectivity index (χ0) is 21.1. The first-order valence-corrected chi connectivity index (χ1v) is 10.1. The number of fused-ring (bicyclic) bond motifs is 1. The molecule has 0 bridgehead atoms. The van der Waals surface area contributed by atoms with Gasteiger partial charge < -0.3 is 15.1 Å². The fourth-order valence-electron chi connectivity index (χ4n) is 3.90. The lowest BCUT2D eigenvalue weighted by atomic mass is 9.85. The van der Waals surface area contributed by atoms with Crippen LogP contribution in [0.15, 0.2) is 41.1 Å². The molecule has 1 aromatic carbocycles. The highest BCUT2D eigenvalue weighted by atomic mass is 19.3. The number of aryl methyl sites for hydroxylation is 1. The summed E-state index contributed by atoms with van der Waals surface area (Å²) < 4.78 is 30.2. The second-order valence-electron chi connectivity index (χ2n) is 7.71. The number of oxazole rings is 1. The molecule has 0 atom stereocenters. The fraction of sp³-hybridized carbons (Fsp3) is 0.409. The Morgan fingerprint density at radius 3 is 2.63 bits per heavy atom. The van der Waals surface area contributed by atoms with Crippen LogP contribution in [0.1, 0.15) is 31.6 Å². The van der Waals surface area contributed by atoms with Gasteiger partial charge in [0.25, 0.3) is 6.43 Å². The predicted octanol–water partition coefficient (Wildman–Crippen LogP) is 4.55. The summed E-state index contributed by atoms with van der Waals surface area (Å²) >= 11 is 0. The second-order valence-corrected chi connectivity index (χ2v) is 7.71. The molecule has 0 aliphatic heterocycles. The van der Waals surface area contributed by atoms with Gasteiger partial charge in [0.15, 0.2) is 11.7 Å². The van der Waals surface area contributed by atoms with E-state index in [4.69, 9.17) is 4.42 Å². The van der Waals surface area contributed by atoms with Gasteiger partial charge in [0, 0.05) is 36.0 Å². The van der Waals surface area contributed by atoms with Gasteiger partial charge in [-0.3, -0.25) is 4.79 Å². The van der Waals surface area contributed by atoms with Crippen LogP contribution >= 0.6 is 0 Å². The third kappa shape index (κ3) is 4.81. The van der Waals surface area contributed by atoms with Crippen molar-refractivity contribution in [3.05, 3.63) is 42.5 Å². The largest absolute Gasteiger partial charge is 0.441 e. The molecular weight excluding hydrogens is 390 g/mol. The minimum Gasteiger partial charge on any atom is -0.441 e. The maximum atomic E-state index is 12.7. The molecule has 1 fully saturated rings. The molecule has 0 radical (unpaired) electrons. The highest BCUT2D eigenvalue weighted by molar-refractivity contribution is 5.94. The van der Waals surface area contributed by atoms with Gasteiger partial charge in [0.05, 0.1) is 12.7 Å². The Bertz CT molecular complexity index is 1030. The van der Waals surface area contributed by atoms with Crippen molar-refractivity contribution >= 4 is 22.5 Å². The predicted molar refractivity (Wildman–Crippen MR) is 110 cm³/mol. The van der Waals surface area contributed by atoms with E-state index in [1.54, 1.807) is 19.3 Å². The van der Waals surface area contributed by atoms with Crippen molar-refractivity contribution in [2.24, 2.45) is 5.92 Å². The van der Waals surface area contributed by atoms with E-state index < -0.39 is 6.43 Å². The quantitative estimate of drug-likeness (QED) is 0.619. The molecule has 158 valence electrons.